The van der Waals surface area contributed by atoms with Crippen LogP contribution in [0.1, 0.15) is 18.4 Å². The SMILES string of the molecule is CC(CN)c1cc2ocnc2cc1Cl. The number of nitrogens with two attached hydrogens (primary N) is 1. The molecule has 0 radical (unpaired) electrons. The molecule has 1 aromatic carbocycles. The fourth-order valence-corrected chi connectivity index (χ4v) is 1.74. The van der Waals surface area contributed by atoms with Crippen LogP contribution in [0.2, 0.25) is 5.02 Å². The zero-order chi connectivity index (χ0) is 10.1. The number of aromatic nitrogens is 1. The second kappa shape index (κ2) is 3.59. The predicted octanol–water partition coefficient (Wildman–Crippen LogP) is 2.54. The summed E-state index contributed by atoms with van der Waals surface area (Å²) in [5.74, 6) is 0.233. The van der Waals surface area contributed by atoms with Crippen LogP contribution in [0.4, 0.5) is 0 Å². The summed E-state index contributed by atoms with van der Waals surface area (Å²) in [7, 11) is 0. The summed E-state index contributed by atoms with van der Waals surface area (Å²) < 4.78 is 5.20. The summed E-state index contributed by atoms with van der Waals surface area (Å²) in [6.07, 6.45) is 1.41. The molecule has 1 atom stereocenters. The van der Waals surface area contributed by atoms with Crippen LogP contribution in [0.5, 0.6) is 0 Å². The van der Waals surface area contributed by atoms with E-state index < -0.39 is 0 Å². The molecule has 3 nitrogen and oxygen atoms in total. The van der Waals surface area contributed by atoms with Gasteiger partial charge in [-0.1, -0.05) is 18.5 Å². The number of hydrogen-bond acceptors (Lipinski definition) is 3. The molecule has 0 aliphatic carbocycles. The first kappa shape index (κ1) is 9.49. The second-order valence-corrected chi connectivity index (χ2v) is 3.74. The lowest BCUT2D eigenvalue weighted by molar-refractivity contribution is 0.601. The van der Waals surface area contributed by atoms with Gasteiger partial charge in [0.15, 0.2) is 12.0 Å². The highest BCUT2D eigenvalue weighted by Crippen LogP contribution is 2.28. The molecule has 0 bridgehead atoms. The van der Waals surface area contributed by atoms with Gasteiger partial charge in [-0.2, -0.15) is 0 Å². The molecule has 74 valence electrons. The fraction of sp³-hybridized carbons (Fsp3) is 0.300. The molecule has 0 aliphatic heterocycles. The maximum Gasteiger partial charge on any atom is 0.181 e. The third kappa shape index (κ3) is 1.49. The first-order valence-corrected chi connectivity index (χ1v) is 4.83. The Morgan fingerprint density at radius 1 is 1.57 bits per heavy atom. The fourth-order valence-electron chi connectivity index (χ4n) is 1.40. The molecule has 0 saturated carbocycles. The molecule has 4 heteroatoms. The zero-order valence-corrected chi connectivity index (χ0v) is 8.58. The van der Waals surface area contributed by atoms with Crippen molar-refractivity contribution in [2.45, 2.75) is 12.8 Å². The van der Waals surface area contributed by atoms with Gasteiger partial charge in [-0.3, -0.25) is 0 Å². The van der Waals surface area contributed by atoms with Gasteiger partial charge in [-0.05, 0) is 30.2 Å². The maximum atomic E-state index is 6.10. The quantitative estimate of drug-likeness (QED) is 0.829. The molecule has 1 unspecified atom stereocenters. The van der Waals surface area contributed by atoms with Gasteiger partial charge in [0.25, 0.3) is 0 Å². The molecule has 0 saturated heterocycles. The van der Waals surface area contributed by atoms with Crippen molar-refractivity contribution in [2.75, 3.05) is 6.54 Å². The number of rotatable bonds is 2. The van der Waals surface area contributed by atoms with E-state index in [1.165, 1.54) is 6.39 Å². The highest BCUT2D eigenvalue weighted by atomic mass is 35.5. The monoisotopic (exact) mass is 210 g/mol. The van der Waals surface area contributed by atoms with Gasteiger partial charge in [0, 0.05) is 5.02 Å². The molecule has 0 spiro atoms. The van der Waals surface area contributed by atoms with Crippen LogP contribution >= 0.6 is 11.6 Å². The minimum absolute atomic E-state index is 0.233. The Hall–Kier alpha value is -1.06. The van der Waals surface area contributed by atoms with E-state index in [-0.39, 0.29) is 5.92 Å². The van der Waals surface area contributed by atoms with Crippen LogP contribution in [0.3, 0.4) is 0 Å². The predicted molar refractivity (Wildman–Crippen MR) is 56.5 cm³/mol. The summed E-state index contributed by atoms with van der Waals surface area (Å²) in [5, 5.41) is 0.698. The van der Waals surface area contributed by atoms with E-state index in [1.54, 1.807) is 0 Å². The molecular formula is C10H11ClN2O. The lowest BCUT2D eigenvalue weighted by Gasteiger charge is -2.10. The topological polar surface area (TPSA) is 52.0 Å². The van der Waals surface area contributed by atoms with Crippen molar-refractivity contribution in [1.82, 2.24) is 4.98 Å². The number of benzene rings is 1. The largest absolute Gasteiger partial charge is 0.443 e. The smallest absolute Gasteiger partial charge is 0.181 e. The van der Waals surface area contributed by atoms with E-state index in [1.807, 2.05) is 19.1 Å². The molecule has 1 heterocycles. The molecule has 0 fully saturated rings. The minimum atomic E-state index is 0.233. The first-order valence-electron chi connectivity index (χ1n) is 4.45. The molecular weight excluding hydrogens is 200 g/mol. The van der Waals surface area contributed by atoms with E-state index in [0.29, 0.717) is 11.6 Å². The standard InChI is InChI=1S/C10H11ClN2O/c1-6(4-12)7-2-10-9(3-8(7)11)13-5-14-10/h2-3,5-6H,4,12H2,1H3. The highest BCUT2D eigenvalue weighted by molar-refractivity contribution is 6.32. The van der Waals surface area contributed by atoms with Crippen LogP contribution < -0.4 is 5.73 Å². The Morgan fingerprint density at radius 3 is 3.07 bits per heavy atom. The average molecular weight is 211 g/mol. The van der Waals surface area contributed by atoms with Gasteiger partial charge in [0.2, 0.25) is 0 Å². The Balaban J connectivity index is 2.58. The van der Waals surface area contributed by atoms with Crippen molar-refractivity contribution in [1.29, 1.82) is 0 Å². The summed E-state index contributed by atoms with van der Waals surface area (Å²) in [4.78, 5) is 4.02. The van der Waals surface area contributed by atoms with Crippen molar-refractivity contribution in [3.05, 3.63) is 29.1 Å². The van der Waals surface area contributed by atoms with E-state index in [4.69, 9.17) is 21.8 Å². The summed E-state index contributed by atoms with van der Waals surface area (Å²) in [6.45, 7) is 2.60. The van der Waals surface area contributed by atoms with Gasteiger partial charge in [-0.25, -0.2) is 4.98 Å². The normalized spacial score (nSPS) is 13.4. The van der Waals surface area contributed by atoms with Crippen molar-refractivity contribution < 1.29 is 4.42 Å². The van der Waals surface area contributed by atoms with E-state index in [9.17, 15) is 0 Å². The van der Waals surface area contributed by atoms with Gasteiger partial charge >= 0.3 is 0 Å². The first-order chi connectivity index (χ1) is 6.72. The number of halogens is 1. The second-order valence-electron chi connectivity index (χ2n) is 3.33. The van der Waals surface area contributed by atoms with Crippen molar-refractivity contribution in [3.8, 4) is 0 Å². The molecule has 14 heavy (non-hydrogen) atoms. The van der Waals surface area contributed by atoms with Gasteiger partial charge in [-0.15, -0.1) is 0 Å². The van der Waals surface area contributed by atoms with Crippen LogP contribution in [0.25, 0.3) is 11.1 Å². The third-order valence-corrected chi connectivity index (χ3v) is 2.66. The van der Waals surface area contributed by atoms with Gasteiger partial charge in [0.05, 0.1) is 0 Å². The van der Waals surface area contributed by atoms with E-state index >= 15 is 0 Å². The van der Waals surface area contributed by atoms with E-state index in [2.05, 4.69) is 4.98 Å². The summed E-state index contributed by atoms with van der Waals surface area (Å²) in [5.41, 5.74) is 8.13. The summed E-state index contributed by atoms with van der Waals surface area (Å²) in [6, 6.07) is 3.71. The highest BCUT2D eigenvalue weighted by Gasteiger charge is 2.11. The maximum absolute atomic E-state index is 6.10. The molecule has 2 rings (SSSR count). The van der Waals surface area contributed by atoms with Gasteiger partial charge < -0.3 is 10.2 Å². The Bertz CT molecular complexity index is 452. The molecule has 2 N–H and O–H groups in total. The van der Waals surface area contributed by atoms with Crippen LogP contribution in [0, 0.1) is 0 Å². The molecule has 2 aromatic rings. The Labute approximate surface area is 86.9 Å². The average Bonchev–Trinajstić information content (AvgIpc) is 2.62. The van der Waals surface area contributed by atoms with Crippen molar-refractivity contribution in [2.24, 2.45) is 5.73 Å². The van der Waals surface area contributed by atoms with Crippen molar-refractivity contribution in [3.63, 3.8) is 0 Å². The Morgan fingerprint density at radius 2 is 2.36 bits per heavy atom. The summed E-state index contributed by atoms with van der Waals surface area (Å²) >= 11 is 6.10. The number of oxazole rings is 1. The number of fused-ring (bicyclic) bond motifs is 1. The van der Waals surface area contributed by atoms with E-state index in [0.717, 1.165) is 16.7 Å². The number of hydrogen-bond donors (Lipinski definition) is 1. The van der Waals surface area contributed by atoms with Crippen LogP contribution in [-0.2, 0) is 0 Å². The lowest BCUT2D eigenvalue weighted by atomic mass is 10.0. The number of nitrogens with zero attached hydrogens (tertiary/aromatic N) is 1. The minimum Gasteiger partial charge on any atom is -0.443 e. The Kier molecular flexibility index (Phi) is 2.44. The van der Waals surface area contributed by atoms with Crippen LogP contribution in [0.15, 0.2) is 22.9 Å². The lowest BCUT2D eigenvalue weighted by Crippen LogP contribution is -2.09. The molecule has 1 aromatic heterocycles. The third-order valence-electron chi connectivity index (χ3n) is 2.33. The van der Waals surface area contributed by atoms with Gasteiger partial charge in [0.1, 0.15) is 5.52 Å². The van der Waals surface area contributed by atoms with Crippen LogP contribution in [-0.4, -0.2) is 11.5 Å². The molecule has 0 amide bonds. The zero-order valence-electron chi connectivity index (χ0n) is 7.83. The molecule has 0 aliphatic rings. The van der Waals surface area contributed by atoms with Crippen molar-refractivity contribution >= 4 is 22.7 Å².